The summed E-state index contributed by atoms with van der Waals surface area (Å²) < 4.78 is 2.23. The lowest BCUT2D eigenvalue weighted by molar-refractivity contribution is -0.138. The third kappa shape index (κ3) is 2.25. The Kier molecular flexibility index (Phi) is 3.21. The molecule has 3 aliphatic rings. The number of carbonyl (C=O) groups is 1. The van der Waals surface area contributed by atoms with Gasteiger partial charge in [-0.05, 0) is 38.1 Å². The van der Waals surface area contributed by atoms with Crippen molar-refractivity contribution in [3.05, 3.63) is 11.6 Å². The summed E-state index contributed by atoms with van der Waals surface area (Å²) in [6.45, 7) is 2.88. The van der Waals surface area contributed by atoms with Crippen molar-refractivity contribution in [1.82, 2.24) is 19.7 Å². The average molecular weight is 289 g/mol. The molecular formula is C15H23N5O. The molecule has 0 aromatic carbocycles. The van der Waals surface area contributed by atoms with E-state index in [2.05, 4.69) is 14.8 Å². The minimum atomic E-state index is 0.132. The third-order valence-corrected chi connectivity index (χ3v) is 5.32. The summed E-state index contributed by atoms with van der Waals surface area (Å²) in [6.07, 6.45) is 5.70. The van der Waals surface area contributed by atoms with Crippen LogP contribution in [0.4, 0.5) is 0 Å². The second-order valence-electron chi connectivity index (χ2n) is 6.69. The van der Waals surface area contributed by atoms with Crippen LogP contribution in [0.3, 0.4) is 0 Å². The van der Waals surface area contributed by atoms with Gasteiger partial charge < -0.3 is 15.2 Å². The molecule has 6 heteroatoms. The van der Waals surface area contributed by atoms with Crippen molar-refractivity contribution >= 4 is 5.91 Å². The van der Waals surface area contributed by atoms with Gasteiger partial charge in [-0.3, -0.25) is 4.79 Å². The van der Waals surface area contributed by atoms with Crippen LogP contribution in [-0.4, -0.2) is 38.7 Å². The molecule has 2 aliphatic carbocycles. The summed E-state index contributed by atoms with van der Waals surface area (Å²) in [5.41, 5.74) is 5.81. The molecule has 0 saturated heterocycles. The van der Waals surface area contributed by atoms with E-state index in [0.29, 0.717) is 24.9 Å². The molecule has 1 aliphatic heterocycles. The highest BCUT2D eigenvalue weighted by atomic mass is 16.2. The highest BCUT2D eigenvalue weighted by Gasteiger charge is 2.37. The molecule has 2 saturated carbocycles. The Labute approximate surface area is 124 Å². The molecule has 1 amide bonds. The van der Waals surface area contributed by atoms with Crippen LogP contribution in [0.25, 0.3) is 0 Å². The Hall–Kier alpha value is -1.43. The molecule has 114 valence electrons. The first-order valence-corrected chi connectivity index (χ1v) is 8.18. The maximum Gasteiger partial charge on any atom is 0.226 e. The second kappa shape index (κ2) is 5.09. The van der Waals surface area contributed by atoms with E-state index in [1.807, 2.05) is 4.90 Å². The predicted octanol–water partition coefficient (Wildman–Crippen LogP) is 0.873. The van der Waals surface area contributed by atoms with Gasteiger partial charge in [0.15, 0.2) is 5.82 Å². The van der Waals surface area contributed by atoms with Crippen LogP contribution >= 0.6 is 0 Å². The third-order valence-electron chi connectivity index (χ3n) is 5.32. The Balaban J connectivity index is 1.49. The summed E-state index contributed by atoms with van der Waals surface area (Å²) in [7, 11) is 0. The zero-order valence-corrected chi connectivity index (χ0v) is 12.4. The van der Waals surface area contributed by atoms with Crippen molar-refractivity contribution in [2.24, 2.45) is 17.6 Å². The van der Waals surface area contributed by atoms with Crippen LogP contribution in [0.15, 0.2) is 0 Å². The van der Waals surface area contributed by atoms with Crippen LogP contribution in [0.2, 0.25) is 0 Å². The fourth-order valence-corrected chi connectivity index (χ4v) is 3.89. The normalized spacial score (nSPS) is 28.7. The van der Waals surface area contributed by atoms with Crippen LogP contribution in [0, 0.1) is 11.8 Å². The van der Waals surface area contributed by atoms with E-state index in [0.717, 1.165) is 44.0 Å². The number of nitrogens with two attached hydrogens (primary N) is 1. The lowest BCUT2D eigenvalue weighted by Gasteiger charge is -2.31. The molecule has 0 radical (unpaired) electrons. The van der Waals surface area contributed by atoms with Crippen LogP contribution in [0.1, 0.15) is 49.7 Å². The van der Waals surface area contributed by atoms with E-state index in [1.54, 1.807) is 0 Å². The van der Waals surface area contributed by atoms with E-state index in [1.165, 1.54) is 12.8 Å². The van der Waals surface area contributed by atoms with Gasteiger partial charge >= 0.3 is 0 Å². The van der Waals surface area contributed by atoms with Gasteiger partial charge in [0.05, 0.1) is 6.54 Å². The fraction of sp³-hybridized carbons (Fsp3) is 0.800. The van der Waals surface area contributed by atoms with Gasteiger partial charge in [-0.2, -0.15) is 0 Å². The lowest BCUT2D eigenvalue weighted by Crippen LogP contribution is -2.43. The van der Waals surface area contributed by atoms with Gasteiger partial charge in [0.2, 0.25) is 5.91 Å². The van der Waals surface area contributed by atoms with Crippen molar-refractivity contribution < 1.29 is 4.79 Å². The molecule has 21 heavy (non-hydrogen) atoms. The Morgan fingerprint density at radius 1 is 1.19 bits per heavy atom. The number of aromatic nitrogens is 3. The van der Waals surface area contributed by atoms with Crippen LogP contribution in [-0.2, 0) is 17.9 Å². The molecule has 2 N–H and O–H groups in total. The molecule has 0 bridgehead atoms. The molecule has 4 rings (SSSR count). The van der Waals surface area contributed by atoms with Gasteiger partial charge in [0.25, 0.3) is 0 Å². The fourth-order valence-electron chi connectivity index (χ4n) is 3.89. The van der Waals surface area contributed by atoms with Crippen molar-refractivity contribution in [2.45, 2.75) is 51.1 Å². The smallest absolute Gasteiger partial charge is 0.226 e. The zero-order chi connectivity index (χ0) is 14.4. The van der Waals surface area contributed by atoms with Crippen LogP contribution < -0.4 is 5.73 Å². The quantitative estimate of drug-likeness (QED) is 0.896. The number of amides is 1. The number of nitrogens with zero attached hydrogens (tertiary/aromatic N) is 4. The Bertz CT molecular complexity index is 550. The van der Waals surface area contributed by atoms with E-state index < -0.39 is 0 Å². The molecule has 1 aromatic heterocycles. The summed E-state index contributed by atoms with van der Waals surface area (Å²) >= 11 is 0. The van der Waals surface area contributed by atoms with Crippen molar-refractivity contribution in [1.29, 1.82) is 0 Å². The van der Waals surface area contributed by atoms with Gasteiger partial charge in [-0.15, -0.1) is 10.2 Å². The van der Waals surface area contributed by atoms with Gasteiger partial charge in [-0.1, -0.05) is 6.42 Å². The minimum absolute atomic E-state index is 0.132. The first-order chi connectivity index (χ1) is 10.3. The molecule has 1 aromatic rings. The zero-order valence-electron chi connectivity index (χ0n) is 12.4. The van der Waals surface area contributed by atoms with Gasteiger partial charge in [-0.25, -0.2) is 0 Å². The van der Waals surface area contributed by atoms with E-state index in [-0.39, 0.29) is 11.8 Å². The Morgan fingerprint density at radius 2 is 2.05 bits per heavy atom. The largest absolute Gasteiger partial charge is 0.333 e. The first-order valence-electron chi connectivity index (χ1n) is 8.18. The van der Waals surface area contributed by atoms with E-state index in [4.69, 9.17) is 5.73 Å². The highest BCUT2D eigenvalue weighted by molar-refractivity contribution is 5.79. The number of rotatable bonds is 3. The number of carbonyl (C=O) groups excluding carboxylic acids is 1. The monoisotopic (exact) mass is 289 g/mol. The van der Waals surface area contributed by atoms with Crippen molar-refractivity contribution in [2.75, 3.05) is 13.1 Å². The maximum absolute atomic E-state index is 12.7. The van der Waals surface area contributed by atoms with E-state index >= 15 is 0 Å². The number of hydrogen-bond donors (Lipinski definition) is 1. The summed E-state index contributed by atoms with van der Waals surface area (Å²) in [5.74, 6) is 3.50. The Morgan fingerprint density at radius 3 is 2.81 bits per heavy atom. The van der Waals surface area contributed by atoms with Crippen LogP contribution in [0.5, 0.6) is 0 Å². The summed E-state index contributed by atoms with van der Waals surface area (Å²) in [6, 6.07) is 0. The summed E-state index contributed by atoms with van der Waals surface area (Å²) in [4.78, 5) is 14.7. The van der Waals surface area contributed by atoms with Crippen molar-refractivity contribution in [3.8, 4) is 0 Å². The predicted molar refractivity (Wildman–Crippen MR) is 77.3 cm³/mol. The molecule has 6 nitrogen and oxygen atoms in total. The lowest BCUT2D eigenvalue weighted by atomic mass is 9.94. The van der Waals surface area contributed by atoms with Gasteiger partial charge in [0, 0.05) is 24.9 Å². The second-order valence-corrected chi connectivity index (χ2v) is 6.69. The molecular weight excluding hydrogens is 266 g/mol. The van der Waals surface area contributed by atoms with Crippen molar-refractivity contribution in [3.63, 3.8) is 0 Å². The highest BCUT2D eigenvalue weighted by Crippen LogP contribution is 2.40. The number of hydrogen-bond acceptors (Lipinski definition) is 4. The maximum atomic E-state index is 12.7. The molecule has 2 fully saturated rings. The average Bonchev–Trinajstić information content (AvgIpc) is 3.10. The molecule has 0 unspecified atom stereocenters. The number of fused-ring (bicyclic) bond motifs is 1. The van der Waals surface area contributed by atoms with E-state index in [9.17, 15) is 4.79 Å². The topological polar surface area (TPSA) is 77.0 Å². The molecule has 0 spiro atoms. The standard InChI is InChI=1S/C15H23N5O/c16-8-11-2-1-3-12(11)15(21)19-6-7-20-13(9-19)17-18-14(20)10-4-5-10/h10-12H,1-9,16H2/t11-,12-/m1/s1. The first kappa shape index (κ1) is 13.2. The summed E-state index contributed by atoms with van der Waals surface area (Å²) in [5, 5.41) is 8.65. The molecule has 2 atom stereocenters. The van der Waals surface area contributed by atoms with Gasteiger partial charge in [0.1, 0.15) is 5.82 Å². The minimum Gasteiger partial charge on any atom is -0.333 e. The molecule has 2 heterocycles. The SMILES string of the molecule is NC[C@H]1CCC[C@H]1C(=O)N1CCn2c(nnc2C2CC2)C1.